The van der Waals surface area contributed by atoms with Crippen LogP contribution >= 0.6 is 0 Å². The SMILES string of the molecule is CCCCCCCC/C=C\CCCCCCCC(=O)OC(COC(=O)CCCCCCCCCCCCCCCCC)COC(=O)CCCCCCCCCCCCCCCCC.CCCCCCCC/C=C\CCCCCCCC(=O)OC(COC(=O)CCCCCCCCCCCCCCCCC)COC(=O)CCCCCCCCCCCCCCCCC. The molecule has 0 saturated carbocycles. The van der Waals surface area contributed by atoms with Gasteiger partial charge in [0.05, 0.1) is 0 Å². The van der Waals surface area contributed by atoms with E-state index < -0.39 is 12.2 Å². The zero-order valence-corrected chi connectivity index (χ0v) is 85.2. The van der Waals surface area contributed by atoms with E-state index in [9.17, 15) is 28.8 Å². The van der Waals surface area contributed by atoms with Gasteiger partial charge in [-0.2, -0.15) is 0 Å². The van der Waals surface area contributed by atoms with E-state index >= 15 is 0 Å². The van der Waals surface area contributed by atoms with Crippen LogP contribution in [0.4, 0.5) is 0 Å². The lowest BCUT2D eigenvalue weighted by Gasteiger charge is -2.18. The molecule has 0 spiro atoms. The normalized spacial score (nSPS) is 11.6. The lowest BCUT2D eigenvalue weighted by atomic mass is 10.0. The topological polar surface area (TPSA) is 158 Å². The predicted octanol–water partition coefficient (Wildman–Crippen LogP) is 37.1. The number of hydrogen-bond donors (Lipinski definition) is 0. The van der Waals surface area contributed by atoms with E-state index in [1.165, 1.54) is 424 Å². The lowest BCUT2D eigenvalue weighted by Crippen LogP contribution is -2.30. The third-order valence-corrected chi connectivity index (χ3v) is 25.5. The predicted molar refractivity (Wildman–Crippen MR) is 541 cm³/mol. The van der Waals surface area contributed by atoms with Crippen molar-refractivity contribution in [1.82, 2.24) is 0 Å². The van der Waals surface area contributed by atoms with Crippen LogP contribution in [0.25, 0.3) is 0 Å². The molecule has 0 rings (SSSR count). The average molecular weight is 1780 g/mol. The van der Waals surface area contributed by atoms with Gasteiger partial charge in [-0.25, -0.2) is 0 Å². The molecule has 0 atom stereocenters. The minimum atomic E-state index is -0.768. The van der Waals surface area contributed by atoms with Crippen molar-refractivity contribution in [2.45, 2.75) is 644 Å². The third kappa shape index (κ3) is 107. The third-order valence-electron chi connectivity index (χ3n) is 25.5. The first-order chi connectivity index (χ1) is 62.1. The summed E-state index contributed by atoms with van der Waals surface area (Å²) < 4.78 is 33.7. The van der Waals surface area contributed by atoms with Gasteiger partial charge in [-0.1, -0.05) is 528 Å². The minimum Gasteiger partial charge on any atom is -0.462 e. The first kappa shape index (κ1) is 124. The molecule has 0 fully saturated rings. The molecular weight excluding hydrogens is 1560 g/mol. The maximum atomic E-state index is 12.8. The second-order valence-corrected chi connectivity index (χ2v) is 38.4. The molecule has 126 heavy (non-hydrogen) atoms. The number of esters is 6. The molecule has 0 N–H and O–H groups in total. The second kappa shape index (κ2) is 110. The highest BCUT2D eigenvalue weighted by molar-refractivity contribution is 5.72. The molecule has 0 aromatic heterocycles. The van der Waals surface area contributed by atoms with Gasteiger partial charge in [-0.15, -0.1) is 0 Å². The highest BCUT2D eigenvalue weighted by Gasteiger charge is 2.22. The summed E-state index contributed by atoms with van der Waals surface area (Å²) in [7, 11) is 0. The molecule has 0 heterocycles. The fraction of sp³-hybridized carbons (Fsp3) is 0.912. The van der Waals surface area contributed by atoms with E-state index in [1.54, 1.807) is 0 Å². The van der Waals surface area contributed by atoms with E-state index in [0.717, 1.165) is 128 Å². The largest absolute Gasteiger partial charge is 0.462 e. The summed E-state index contributed by atoms with van der Waals surface area (Å²) >= 11 is 0. The molecule has 0 bridgehead atoms. The smallest absolute Gasteiger partial charge is 0.306 e. The van der Waals surface area contributed by atoms with Crippen molar-refractivity contribution < 1.29 is 57.2 Å². The van der Waals surface area contributed by atoms with E-state index in [-0.39, 0.29) is 62.2 Å². The van der Waals surface area contributed by atoms with Crippen LogP contribution in [-0.2, 0) is 57.2 Å². The van der Waals surface area contributed by atoms with Crippen LogP contribution in [0.5, 0.6) is 0 Å². The van der Waals surface area contributed by atoms with E-state index in [0.29, 0.717) is 38.5 Å². The summed E-state index contributed by atoms with van der Waals surface area (Å²) in [5.74, 6) is -1.71. The van der Waals surface area contributed by atoms with E-state index in [4.69, 9.17) is 28.4 Å². The summed E-state index contributed by atoms with van der Waals surface area (Å²) in [4.78, 5) is 76.2. The zero-order valence-electron chi connectivity index (χ0n) is 85.2. The second-order valence-electron chi connectivity index (χ2n) is 38.4. The van der Waals surface area contributed by atoms with Crippen LogP contribution in [0.15, 0.2) is 24.3 Å². The van der Waals surface area contributed by atoms with Gasteiger partial charge >= 0.3 is 35.8 Å². The molecule has 0 aliphatic heterocycles. The van der Waals surface area contributed by atoms with Gasteiger partial charge in [0.2, 0.25) is 0 Å². The molecule has 0 aliphatic carbocycles. The van der Waals surface area contributed by atoms with Gasteiger partial charge in [0.15, 0.2) is 12.2 Å². The maximum absolute atomic E-state index is 12.8. The zero-order chi connectivity index (χ0) is 91.6. The van der Waals surface area contributed by atoms with Crippen molar-refractivity contribution in [2.24, 2.45) is 0 Å². The lowest BCUT2D eigenvalue weighted by molar-refractivity contribution is -0.167. The van der Waals surface area contributed by atoms with Crippen molar-refractivity contribution in [3.63, 3.8) is 0 Å². The summed E-state index contributed by atoms with van der Waals surface area (Å²) in [5, 5.41) is 0. The molecule has 0 aliphatic rings. The highest BCUT2D eigenvalue weighted by atomic mass is 16.6. The maximum Gasteiger partial charge on any atom is 0.306 e. The van der Waals surface area contributed by atoms with Crippen molar-refractivity contribution in [2.75, 3.05) is 26.4 Å². The van der Waals surface area contributed by atoms with Gasteiger partial charge in [0.25, 0.3) is 0 Å². The van der Waals surface area contributed by atoms with Crippen LogP contribution in [-0.4, -0.2) is 74.5 Å². The quantitative estimate of drug-likeness (QED) is 0.0246. The highest BCUT2D eigenvalue weighted by Crippen LogP contribution is 2.22. The summed E-state index contributed by atoms with van der Waals surface area (Å²) in [5.41, 5.74) is 0. The molecule has 0 saturated heterocycles. The molecule has 12 nitrogen and oxygen atoms in total. The van der Waals surface area contributed by atoms with E-state index in [2.05, 4.69) is 65.8 Å². The molecule has 744 valence electrons. The van der Waals surface area contributed by atoms with Gasteiger partial charge < -0.3 is 28.4 Å². The Morgan fingerprint density at radius 2 is 0.262 bits per heavy atom. The average Bonchev–Trinajstić information content (AvgIpc) is 0.945. The van der Waals surface area contributed by atoms with Gasteiger partial charge in [-0.05, 0) is 89.9 Å². The van der Waals surface area contributed by atoms with Gasteiger partial charge in [0, 0.05) is 38.5 Å². The molecule has 0 radical (unpaired) electrons. The number of unbranched alkanes of at least 4 members (excludes halogenated alkanes) is 78. The van der Waals surface area contributed by atoms with E-state index in [1.807, 2.05) is 0 Å². The number of ether oxygens (including phenoxy) is 6. The number of carbonyl (C=O) groups is 6. The first-order valence-electron chi connectivity index (χ1n) is 56.4. The standard InChI is InChI=1S/2C57H108O6/c2*1-4-7-10-13-16-19-22-25-28-31-34-37-40-43-46-49-55(58)61-52-54(63-57(60)51-48-45-42-39-36-33-30-27-24-21-18-15-12-9-6-3)53-62-56(59)50-47-44-41-38-35-32-29-26-23-20-17-14-11-8-5-2/h2*27,30,54H,4-26,28-29,31-53H2,1-3H3/b2*30-27-. The van der Waals surface area contributed by atoms with Crippen molar-refractivity contribution in [1.29, 1.82) is 0 Å². The van der Waals surface area contributed by atoms with Crippen LogP contribution in [0, 0.1) is 0 Å². The fourth-order valence-corrected chi connectivity index (χ4v) is 17.0. The Labute approximate surface area is 783 Å². The molecule has 0 unspecified atom stereocenters. The van der Waals surface area contributed by atoms with Gasteiger partial charge in [-0.3, -0.25) is 28.8 Å². The minimum absolute atomic E-state index is 0.0675. The van der Waals surface area contributed by atoms with Crippen molar-refractivity contribution >= 4 is 35.8 Å². The number of carbonyl (C=O) groups excluding carboxylic acids is 6. The molecule has 12 heteroatoms. The summed E-state index contributed by atoms with van der Waals surface area (Å²) in [6, 6.07) is 0. The Morgan fingerprint density at radius 1 is 0.151 bits per heavy atom. The van der Waals surface area contributed by atoms with Crippen LogP contribution in [0.2, 0.25) is 0 Å². The monoisotopic (exact) mass is 1780 g/mol. The van der Waals surface area contributed by atoms with Crippen molar-refractivity contribution in [3.8, 4) is 0 Å². The molecule has 0 amide bonds. The Balaban J connectivity index is 0. The van der Waals surface area contributed by atoms with Crippen molar-refractivity contribution in [3.05, 3.63) is 24.3 Å². The Morgan fingerprint density at radius 3 is 0.397 bits per heavy atom. The molecule has 0 aromatic rings. The number of hydrogen-bond acceptors (Lipinski definition) is 12. The Kier molecular flexibility index (Phi) is 109. The molecule has 0 aromatic carbocycles. The molecular formula is C114H216O12. The van der Waals surface area contributed by atoms with Crippen LogP contribution < -0.4 is 0 Å². The summed E-state index contributed by atoms with van der Waals surface area (Å²) in [6.07, 6.45) is 118. The Hall–Kier alpha value is -3.70. The van der Waals surface area contributed by atoms with Crippen LogP contribution in [0.3, 0.4) is 0 Å². The van der Waals surface area contributed by atoms with Gasteiger partial charge in [0.1, 0.15) is 26.4 Å². The van der Waals surface area contributed by atoms with Crippen LogP contribution in [0.1, 0.15) is 632 Å². The number of allylic oxidation sites excluding steroid dienone is 4. The number of rotatable bonds is 104. The fourth-order valence-electron chi connectivity index (χ4n) is 17.0. The summed E-state index contributed by atoms with van der Waals surface area (Å²) in [6.45, 7) is 13.4. The Bertz CT molecular complexity index is 2010. The first-order valence-corrected chi connectivity index (χ1v) is 56.4.